The maximum atomic E-state index is 13.1. The van der Waals surface area contributed by atoms with Gasteiger partial charge >= 0.3 is 5.97 Å². The Bertz CT molecular complexity index is 374. The van der Waals surface area contributed by atoms with Crippen molar-refractivity contribution in [2.75, 3.05) is 13.2 Å². The summed E-state index contributed by atoms with van der Waals surface area (Å²) in [5.41, 5.74) is -0.236. The lowest BCUT2D eigenvalue weighted by molar-refractivity contribution is -0.143. The molecule has 2 rings (SSSR count). The van der Waals surface area contributed by atoms with Gasteiger partial charge in [0.2, 0.25) is 11.8 Å². The summed E-state index contributed by atoms with van der Waals surface area (Å²) >= 11 is 0. The molecule has 1 spiro atoms. The van der Waals surface area contributed by atoms with Crippen molar-refractivity contribution in [1.29, 1.82) is 0 Å². The summed E-state index contributed by atoms with van der Waals surface area (Å²) in [6, 6.07) is 0. The van der Waals surface area contributed by atoms with E-state index < -0.39 is 11.9 Å². The number of nitrogens with one attached hydrogen (secondary N) is 1. The average Bonchev–Trinajstić information content (AvgIpc) is 3.06. The van der Waals surface area contributed by atoms with Crippen LogP contribution in [0.2, 0.25) is 0 Å². The van der Waals surface area contributed by atoms with Crippen molar-refractivity contribution in [3.63, 3.8) is 0 Å². The molecular weight excluding hydrogens is 256 g/mol. The van der Waals surface area contributed by atoms with Crippen molar-refractivity contribution in [3.05, 3.63) is 0 Å². The molecule has 1 amide bonds. The minimum Gasteiger partial charge on any atom is -0.465 e. The lowest BCUT2D eigenvalue weighted by atomic mass is 9.82. The highest BCUT2D eigenvalue weighted by atomic mass is 19.3. The van der Waals surface area contributed by atoms with Crippen molar-refractivity contribution in [3.8, 4) is 0 Å². The smallest absolute Gasteiger partial charge is 0.325 e. The minimum absolute atomic E-state index is 0.130. The molecule has 108 valence electrons. The van der Waals surface area contributed by atoms with Crippen molar-refractivity contribution in [2.24, 2.45) is 11.3 Å². The van der Waals surface area contributed by atoms with Gasteiger partial charge in [-0.15, -0.1) is 0 Å². The Labute approximate surface area is 110 Å². The monoisotopic (exact) mass is 275 g/mol. The van der Waals surface area contributed by atoms with Crippen LogP contribution in [0.5, 0.6) is 0 Å². The fourth-order valence-electron chi connectivity index (χ4n) is 2.88. The van der Waals surface area contributed by atoms with E-state index in [0.717, 1.165) is 0 Å². The summed E-state index contributed by atoms with van der Waals surface area (Å²) in [6.45, 7) is 1.82. The van der Waals surface area contributed by atoms with Gasteiger partial charge in [0.05, 0.1) is 6.61 Å². The molecule has 0 aromatic carbocycles. The third-order valence-electron chi connectivity index (χ3n) is 4.20. The second kappa shape index (κ2) is 5.06. The SMILES string of the molecule is CCOC(=O)CNC(=O)C1CC12CCC(F)(F)CC2. The molecule has 2 saturated carbocycles. The standard InChI is InChI=1S/C13H19F2NO3/c1-2-19-10(17)8-16-11(18)9-7-12(9)3-5-13(14,15)6-4-12/h9H,2-8H2,1H3,(H,16,18). The van der Waals surface area contributed by atoms with E-state index in [-0.39, 0.29) is 43.2 Å². The number of hydrogen-bond donors (Lipinski definition) is 1. The fraction of sp³-hybridized carbons (Fsp3) is 0.846. The van der Waals surface area contributed by atoms with Gasteiger partial charge in [-0.3, -0.25) is 9.59 Å². The molecule has 1 atom stereocenters. The molecule has 4 nitrogen and oxygen atoms in total. The molecule has 0 heterocycles. The molecule has 0 saturated heterocycles. The van der Waals surface area contributed by atoms with Crippen molar-refractivity contribution in [2.45, 2.75) is 45.0 Å². The number of alkyl halides is 2. The van der Waals surface area contributed by atoms with Crippen molar-refractivity contribution >= 4 is 11.9 Å². The van der Waals surface area contributed by atoms with Crippen LogP contribution in [0.1, 0.15) is 39.0 Å². The summed E-state index contributed by atoms with van der Waals surface area (Å²) in [5, 5.41) is 2.52. The Morgan fingerprint density at radius 2 is 1.89 bits per heavy atom. The molecule has 1 N–H and O–H groups in total. The van der Waals surface area contributed by atoms with E-state index in [9.17, 15) is 18.4 Å². The lowest BCUT2D eigenvalue weighted by Crippen LogP contribution is -2.34. The topological polar surface area (TPSA) is 55.4 Å². The molecule has 1 unspecified atom stereocenters. The molecule has 19 heavy (non-hydrogen) atoms. The quantitative estimate of drug-likeness (QED) is 0.797. The van der Waals surface area contributed by atoms with Crippen molar-refractivity contribution in [1.82, 2.24) is 5.32 Å². The number of hydrogen-bond acceptors (Lipinski definition) is 3. The first kappa shape index (κ1) is 14.2. The van der Waals surface area contributed by atoms with Gasteiger partial charge < -0.3 is 10.1 Å². The van der Waals surface area contributed by atoms with Crippen LogP contribution >= 0.6 is 0 Å². The zero-order chi connectivity index (χ0) is 14.1. The van der Waals surface area contributed by atoms with Crippen LogP contribution in [0.4, 0.5) is 8.78 Å². The van der Waals surface area contributed by atoms with Crippen LogP contribution in [0, 0.1) is 11.3 Å². The number of rotatable bonds is 4. The van der Waals surface area contributed by atoms with Gasteiger partial charge in [-0.25, -0.2) is 8.78 Å². The Balaban J connectivity index is 1.76. The minimum atomic E-state index is -2.57. The molecular formula is C13H19F2NO3. The molecule has 0 aromatic heterocycles. The molecule has 0 aliphatic heterocycles. The van der Waals surface area contributed by atoms with E-state index in [4.69, 9.17) is 4.74 Å². The number of carbonyl (C=O) groups is 2. The van der Waals surface area contributed by atoms with Crippen molar-refractivity contribution < 1.29 is 23.1 Å². The second-order valence-electron chi connectivity index (χ2n) is 5.50. The van der Waals surface area contributed by atoms with Crippen LogP contribution < -0.4 is 5.32 Å². The Hall–Kier alpha value is -1.20. The fourth-order valence-corrected chi connectivity index (χ4v) is 2.88. The third kappa shape index (κ3) is 3.22. The second-order valence-corrected chi connectivity index (χ2v) is 5.50. The molecule has 0 bridgehead atoms. The maximum absolute atomic E-state index is 13.1. The Morgan fingerprint density at radius 1 is 1.26 bits per heavy atom. The highest BCUT2D eigenvalue weighted by Crippen LogP contribution is 2.63. The Kier molecular flexibility index (Phi) is 3.78. The van der Waals surface area contributed by atoms with Crippen LogP contribution in [0.25, 0.3) is 0 Å². The first-order valence-electron chi connectivity index (χ1n) is 6.70. The highest BCUT2D eigenvalue weighted by Gasteiger charge is 2.60. The number of halogens is 2. The average molecular weight is 275 g/mol. The van der Waals surface area contributed by atoms with Gasteiger partial charge in [-0.1, -0.05) is 0 Å². The van der Waals surface area contributed by atoms with E-state index in [1.165, 1.54) is 0 Å². The predicted molar refractivity (Wildman–Crippen MR) is 63.6 cm³/mol. The van der Waals surface area contributed by atoms with Crippen LogP contribution in [0.15, 0.2) is 0 Å². The number of amides is 1. The predicted octanol–water partition coefficient (Wildman–Crippen LogP) is 1.88. The lowest BCUT2D eigenvalue weighted by Gasteiger charge is -2.28. The molecule has 2 fully saturated rings. The zero-order valence-electron chi connectivity index (χ0n) is 11.0. The number of carbonyl (C=O) groups excluding carboxylic acids is 2. The van der Waals surface area contributed by atoms with Crippen LogP contribution in [-0.2, 0) is 14.3 Å². The summed E-state index contributed by atoms with van der Waals surface area (Å²) in [5.74, 6) is -3.46. The summed E-state index contributed by atoms with van der Waals surface area (Å²) in [6.07, 6.45) is 1.20. The largest absolute Gasteiger partial charge is 0.465 e. The Morgan fingerprint density at radius 3 is 2.47 bits per heavy atom. The summed E-state index contributed by atoms with van der Waals surface area (Å²) in [4.78, 5) is 22.9. The van der Waals surface area contributed by atoms with Gasteiger partial charge in [-0.05, 0) is 31.6 Å². The van der Waals surface area contributed by atoms with Gasteiger partial charge in [0.25, 0.3) is 0 Å². The van der Waals surface area contributed by atoms with Gasteiger partial charge in [-0.2, -0.15) is 0 Å². The van der Waals surface area contributed by atoms with Gasteiger partial charge in [0, 0.05) is 18.8 Å². The van der Waals surface area contributed by atoms with Gasteiger partial charge in [0.15, 0.2) is 0 Å². The van der Waals surface area contributed by atoms with Crippen LogP contribution in [-0.4, -0.2) is 31.0 Å². The normalized spacial score (nSPS) is 26.8. The van der Waals surface area contributed by atoms with E-state index in [1.807, 2.05) is 0 Å². The number of esters is 1. The zero-order valence-corrected chi connectivity index (χ0v) is 11.0. The maximum Gasteiger partial charge on any atom is 0.325 e. The summed E-state index contributed by atoms with van der Waals surface area (Å²) in [7, 11) is 0. The molecule has 2 aliphatic rings. The molecule has 0 radical (unpaired) electrons. The van der Waals surface area contributed by atoms with E-state index in [0.29, 0.717) is 19.3 Å². The van der Waals surface area contributed by atoms with Gasteiger partial charge in [0.1, 0.15) is 6.54 Å². The number of ether oxygens (including phenoxy) is 1. The molecule has 2 aliphatic carbocycles. The van der Waals surface area contributed by atoms with E-state index in [1.54, 1.807) is 6.92 Å². The van der Waals surface area contributed by atoms with E-state index >= 15 is 0 Å². The summed E-state index contributed by atoms with van der Waals surface area (Å²) < 4.78 is 30.9. The third-order valence-corrected chi connectivity index (χ3v) is 4.20. The first-order valence-corrected chi connectivity index (χ1v) is 6.70. The van der Waals surface area contributed by atoms with E-state index in [2.05, 4.69) is 5.32 Å². The first-order chi connectivity index (χ1) is 8.88. The highest BCUT2D eigenvalue weighted by molar-refractivity contribution is 5.86. The van der Waals surface area contributed by atoms with Crippen LogP contribution in [0.3, 0.4) is 0 Å². The molecule has 6 heteroatoms. The molecule has 0 aromatic rings.